The van der Waals surface area contributed by atoms with Crippen LogP contribution in [0.25, 0.3) is 17.0 Å². The van der Waals surface area contributed by atoms with Crippen molar-refractivity contribution in [2.75, 3.05) is 18.9 Å². The minimum Gasteiger partial charge on any atom is -0.376 e. The van der Waals surface area contributed by atoms with Crippen LogP contribution in [0.15, 0.2) is 41.7 Å². The molecule has 8 nitrogen and oxygen atoms in total. The average molecular weight is 370 g/mol. The first-order valence-corrected chi connectivity index (χ1v) is 9.42. The second-order valence-electron chi connectivity index (χ2n) is 5.93. The van der Waals surface area contributed by atoms with Crippen LogP contribution in [0.2, 0.25) is 0 Å². The Morgan fingerprint density at radius 3 is 3.12 bits per heavy atom. The number of nitrogens with zero attached hydrogens (tertiary/aromatic N) is 5. The lowest BCUT2D eigenvalue weighted by molar-refractivity contribution is -0.119. The number of ether oxygens (including phenoxy) is 1. The summed E-state index contributed by atoms with van der Waals surface area (Å²) in [7, 11) is 0. The van der Waals surface area contributed by atoms with Crippen molar-refractivity contribution < 1.29 is 9.53 Å². The Bertz CT molecular complexity index is 895. The molecule has 1 saturated heterocycles. The minimum absolute atomic E-state index is 0.0244. The number of amides is 1. The van der Waals surface area contributed by atoms with Crippen molar-refractivity contribution in [3.63, 3.8) is 0 Å². The van der Waals surface area contributed by atoms with Crippen LogP contribution in [0.3, 0.4) is 0 Å². The summed E-state index contributed by atoms with van der Waals surface area (Å²) in [4.78, 5) is 16.1. The van der Waals surface area contributed by atoms with E-state index in [9.17, 15) is 4.79 Å². The van der Waals surface area contributed by atoms with Crippen molar-refractivity contribution in [2.24, 2.45) is 0 Å². The molecule has 1 amide bonds. The molecule has 1 aliphatic rings. The Morgan fingerprint density at radius 2 is 2.31 bits per heavy atom. The first-order chi connectivity index (χ1) is 12.8. The predicted molar refractivity (Wildman–Crippen MR) is 96.7 cm³/mol. The molecule has 0 bridgehead atoms. The normalized spacial score (nSPS) is 16.8. The van der Waals surface area contributed by atoms with Crippen LogP contribution in [-0.4, -0.2) is 55.7 Å². The molecule has 1 N–H and O–H groups in total. The summed E-state index contributed by atoms with van der Waals surface area (Å²) in [6, 6.07) is 7.43. The van der Waals surface area contributed by atoms with Gasteiger partial charge in [0.2, 0.25) is 5.91 Å². The summed E-state index contributed by atoms with van der Waals surface area (Å²) in [6.07, 6.45) is 5.65. The van der Waals surface area contributed by atoms with E-state index in [1.54, 1.807) is 16.9 Å². The topological polar surface area (TPSA) is 94.3 Å². The van der Waals surface area contributed by atoms with E-state index in [4.69, 9.17) is 4.74 Å². The Hall–Kier alpha value is -2.52. The van der Waals surface area contributed by atoms with Gasteiger partial charge >= 0.3 is 0 Å². The fourth-order valence-electron chi connectivity index (χ4n) is 2.75. The van der Waals surface area contributed by atoms with Gasteiger partial charge in [-0.2, -0.15) is 9.61 Å². The van der Waals surface area contributed by atoms with E-state index < -0.39 is 0 Å². The smallest absolute Gasteiger partial charge is 0.230 e. The number of fused-ring (bicyclic) bond motifs is 1. The molecule has 134 valence electrons. The molecule has 3 aromatic heterocycles. The van der Waals surface area contributed by atoms with Gasteiger partial charge in [-0.15, -0.1) is 10.2 Å². The highest BCUT2D eigenvalue weighted by Crippen LogP contribution is 2.20. The van der Waals surface area contributed by atoms with E-state index in [2.05, 4.69) is 25.6 Å². The second-order valence-corrected chi connectivity index (χ2v) is 6.93. The fourth-order valence-corrected chi connectivity index (χ4v) is 3.43. The van der Waals surface area contributed by atoms with E-state index in [1.807, 2.05) is 24.3 Å². The van der Waals surface area contributed by atoms with Crippen LogP contribution < -0.4 is 5.32 Å². The Labute approximate surface area is 154 Å². The van der Waals surface area contributed by atoms with Gasteiger partial charge in [-0.3, -0.25) is 9.78 Å². The van der Waals surface area contributed by atoms with Gasteiger partial charge in [0.1, 0.15) is 5.03 Å². The van der Waals surface area contributed by atoms with Crippen LogP contribution >= 0.6 is 11.8 Å². The summed E-state index contributed by atoms with van der Waals surface area (Å²) >= 11 is 1.38. The lowest BCUT2D eigenvalue weighted by atomic mass is 10.2. The van der Waals surface area contributed by atoms with Crippen LogP contribution in [0.4, 0.5) is 0 Å². The predicted octanol–water partition coefficient (Wildman–Crippen LogP) is 1.57. The molecular weight excluding hydrogens is 352 g/mol. The molecule has 3 aromatic rings. The fraction of sp³-hybridized carbons (Fsp3) is 0.353. The Kier molecular flexibility index (Phi) is 5.07. The van der Waals surface area contributed by atoms with Crippen LogP contribution in [0.1, 0.15) is 12.8 Å². The maximum atomic E-state index is 12.0. The Morgan fingerprint density at radius 1 is 1.35 bits per heavy atom. The van der Waals surface area contributed by atoms with Crippen molar-refractivity contribution in [3.05, 3.63) is 36.7 Å². The first-order valence-electron chi connectivity index (χ1n) is 8.43. The Balaban J connectivity index is 1.41. The van der Waals surface area contributed by atoms with Crippen molar-refractivity contribution in [2.45, 2.75) is 24.0 Å². The molecule has 1 aliphatic heterocycles. The molecule has 0 spiro atoms. The maximum absolute atomic E-state index is 12.0. The standard InChI is InChI=1S/C17H18N6O2S/c24-15(19-10-13-4-2-8-25-13)11-26-16-6-5-14-20-21-17(23(14)22-16)12-3-1-7-18-9-12/h1,3,5-7,9,13H,2,4,8,10-11H2,(H,19,24)/t13-/m0/s1. The maximum Gasteiger partial charge on any atom is 0.230 e. The highest BCUT2D eigenvalue weighted by Gasteiger charge is 2.16. The van der Waals surface area contributed by atoms with E-state index in [1.165, 1.54) is 11.8 Å². The lowest BCUT2D eigenvalue weighted by Crippen LogP contribution is -2.32. The van der Waals surface area contributed by atoms with Crippen molar-refractivity contribution in [1.82, 2.24) is 30.1 Å². The third-order valence-electron chi connectivity index (χ3n) is 4.06. The summed E-state index contributed by atoms with van der Waals surface area (Å²) in [5, 5.41) is 16.5. The molecular formula is C17H18N6O2S. The highest BCUT2D eigenvalue weighted by atomic mass is 32.2. The molecule has 9 heteroatoms. The molecule has 26 heavy (non-hydrogen) atoms. The molecule has 1 fully saturated rings. The number of thioether (sulfide) groups is 1. The van der Waals surface area contributed by atoms with Crippen LogP contribution in [-0.2, 0) is 9.53 Å². The number of carbonyl (C=O) groups is 1. The third kappa shape index (κ3) is 3.83. The summed E-state index contributed by atoms with van der Waals surface area (Å²) in [5.41, 5.74) is 1.49. The SMILES string of the molecule is O=C(CSc1ccc2nnc(-c3cccnc3)n2n1)NC[C@@H]1CCCO1. The van der Waals surface area contributed by atoms with E-state index in [0.717, 1.165) is 30.0 Å². The summed E-state index contributed by atoms with van der Waals surface area (Å²) < 4.78 is 7.17. The number of pyridine rings is 1. The van der Waals surface area contributed by atoms with E-state index in [-0.39, 0.29) is 12.0 Å². The molecule has 1 atom stereocenters. The zero-order valence-corrected chi connectivity index (χ0v) is 14.9. The van der Waals surface area contributed by atoms with Gasteiger partial charge in [0.05, 0.1) is 11.9 Å². The molecule has 0 radical (unpaired) electrons. The number of hydrogen-bond acceptors (Lipinski definition) is 7. The van der Waals surface area contributed by atoms with E-state index >= 15 is 0 Å². The van der Waals surface area contributed by atoms with Gasteiger partial charge in [-0.1, -0.05) is 11.8 Å². The van der Waals surface area contributed by atoms with Crippen LogP contribution in [0.5, 0.6) is 0 Å². The van der Waals surface area contributed by atoms with Gasteiger partial charge in [0, 0.05) is 31.1 Å². The summed E-state index contributed by atoms with van der Waals surface area (Å²) in [5.74, 6) is 0.900. The highest BCUT2D eigenvalue weighted by molar-refractivity contribution is 7.99. The minimum atomic E-state index is -0.0244. The second kappa shape index (κ2) is 7.79. The van der Waals surface area contributed by atoms with Crippen LogP contribution in [0, 0.1) is 0 Å². The molecule has 0 unspecified atom stereocenters. The number of carbonyl (C=O) groups excluding carboxylic acids is 1. The van der Waals surface area contributed by atoms with Gasteiger partial charge in [0.15, 0.2) is 11.5 Å². The van der Waals surface area contributed by atoms with Gasteiger partial charge < -0.3 is 10.1 Å². The largest absolute Gasteiger partial charge is 0.376 e. The van der Waals surface area contributed by atoms with Gasteiger partial charge in [-0.25, -0.2) is 0 Å². The molecule has 4 heterocycles. The summed E-state index contributed by atoms with van der Waals surface area (Å²) in [6.45, 7) is 1.36. The quantitative estimate of drug-likeness (QED) is 0.658. The van der Waals surface area contributed by atoms with Gasteiger partial charge in [0.25, 0.3) is 0 Å². The molecule has 0 aromatic carbocycles. The molecule has 0 aliphatic carbocycles. The molecule has 0 saturated carbocycles. The zero-order valence-electron chi connectivity index (χ0n) is 14.0. The van der Waals surface area contributed by atoms with Crippen molar-refractivity contribution in [3.8, 4) is 11.4 Å². The number of hydrogen-bond donors (Lipinski definition) is 1. The monoisotopic (exact) mass is 370 g/mol. The third-order valence-corrected chi connectivity index (χ3v) is 4.98. The lowest BCUT2D eigenvalue weighted by Gasteiger charge is -2.10. The van der Waals surface area contributed by atoms with Crippen molar-refractivity contribution in [1.29, 1.82) is 0 Å². The first kappa shape index (κ1) is 16.9. The zero-order chi connectivity index (χ0) is 17.8. The number of rotatable bonds is 6. The van der Waals surface area contributed by atoms with E-state index in [0.29, 0.717) is 23.8 Å². The van der Waals surface area contributed by atoms with Gasteiger partial charge in [-0.05, 0) is 37.1 Å². The number of nitrogens with one attached hydrogen (secondary N) is 1. The number of aromatic nitrogens is 5. The molecule has 4 rings (SSSR count). The average Bonchev–Trinajstić information content (AvgIpc) is 3.34. The van der Waals surface area contributed by atoms with Crippen molar-refractivity contribution >= 4 is 23.3 Å².